The fraction of sp³-hybridized carbons (Fsp3) is 0.467. The minimum atomic E-state index is -1.12. The van der Waals surface area contributed by atoms with Crippen LogP contribution in [-0.4, -0.2) is 28.8 Å². The first-order valence-electron chi connectivity index (χ1n) is 7.08. The molecule has 2 N–H and O–H groups in total. The normalized spacial score (nSPS) is 20.8. The van der Waals surface area contributed by atoms with Gasteiger partial charge in [0.15, 0.2) is 11.6 Å². The summed E-state index contributed by atoms with van der Waals surface area (Å²) in [6, 6.07) is 1.61. The highest BCUT2D eigenvalue weighted by molar-refractivity contribution is 6.21. The van der Waals surface area contributed by atoms with Crippen molar-refractivity contribution in [2.24, 2.45) is 5.73 Å². The van der Waals surface area contributed by atoms with Crippen LogP contribution in [0.1, 0.15) is 52.8 Å². The first-order chi connectivity index (χ1) is 10.00. The number of nitrogens with two attached hydrogens (primary N) is 1. The highest BCUT2D eigenvalue weighted by Crippen LogP contribution is 2.38. The maximum atomic E-state index is 13.3. The fourth-order valence-electron chi connectivity index (χ4n) is 3.39. The summed E-state index contributed by atoms with van der Waals surface area (Å²) in [5.74, 6) is -3.38. The van der Waals surface area contributed by atoms with Crippen molar-refractivity contribution in [3.63, 3.8) is 0 Å². The van der Waals surface area contributed by atoms with Gasteiger partial charge in [-0.25, -0.2) is 8.78 Å². The van der Waals surface area contributed by atoms with Gasteiger partial charge in [0.1, 0.15) is 0 Å². The smallest absolute Gasteiger partial charge is 0.262 e. The molecule has 1 fully saturated rings. The average Bonchev–Trinajstić information content (AvgIpc) is 2.72. The number of carbonyl (C=O) groups is 2. The van der Waals surface area contributed by atoms with Crippen molar-refractivity contribution in [2.45, 2.75) is 37.6 Å². The summed E-state index contributed by atoms with van der Waals surface area (Å²) < 4.78 is 26.7. The van der Waals surface area contributed by atoms with Gasteiger partial charge in [0.25, 0.3) is 11.8 Å². The second-order valence-corrected chi connectivity index (χ2v) is 5.75. The minimum Gasteiger partial charge on any atom is -0.328 e. The molecule has 3 rings (SSSR count). The molecule has 0 atom stereocenters. The number of carbonyl (C=O) groups excluding carboxylic acids is 2. The molecule has 0 spiro atoms. The van der Waals surface area contributed by atoms with E-state index in [1.807, 2.05) is 0 Å². The molecule has 4 nitrogen and oxygen atoms in total. The van der Waals surface area contributed by atoms with Crippen LogP contribution in [0, 0.1) is 11.6 Å². The van der Waals surface area contributed by atoms with Crippen LogP contribution in [0.15, 0.2) is 12.1 Å². The maximum Gasteiger partial charge on any atom is 0.262 e. The van der Waals surface area contributed by atoms with Crippen LogP contribution in [0.4, 0.5) is 8.78 Å². The van der Waals surface area contributed by atoms with E-state index in [4.69, 9.17) is 5.73 Å². The summed E-state index contributed by atoms with van der Waals surface area (Å²) in [7, 11) is 0. The molecule has 1 aliphatic heterocycles. The molecular weight excluding hydrogens is 278 g/mol. The van der Waals surface area contributed by atoms with E-state index in [0.29, 0.717) is 12.8 Å². The number of hydrogen-bond acceptors (Lipinski definition) is 3. The lowest BCUT2D eigenvalue weighted by Gasteiger charge is -2.42. The van der Waals surface area contributed by atoms with Crippen molar-refractivity contribution in [1.29, 1.82) is 0 Å². The quantitative estimate of drug-likeness (QED) is 0.851. The summed E-state index contributed by atoms with van der Waals surface area (Å²) in [6.07, 6.45) is 4.08. The zero-order valence-electron chi connectivity index (χ0n) is 11.5. The van der Waals surface area contributed by atoms with E-state index in [0.717, 1.165) is 36.3 Å². The second kappa shape index (κ2) is 4.87. The Labute approximate surface area is 120 Å². The van der Waals surface area contributed by atoms with Crippen LogP contribution in [0.5, 0.6) is 0 Å². The standard InChI is InChI=1S/C15H16F2N2O2/c16-11-6-9-10(7-12(11)17)14(21)19(13(9)20)15(8-18)4-2-1-3-5-15/h6-7H,1-5,8,18H2. The van der Waals surface area contributed by atoms with Crippen molar-refractivity contribution in [3.05, 3.63) is 34.9 Å². The molecule has 0 saturated heterocycles. The molecule has 2 aliphatic rings. The summed E-state index contributed by atoms with van der Waals surface area (Å²) in [4.78, 5) is 26.1. The molecule has 1 heterocycles. The van der Waals surface area contributed by atoms with Gasteiger partial charge >= 0.3 is 0 Å². The van der Waals surface area contributed by atoms with Crippen molar-refractivity contribution in [1.82, 2.24) is 4.90 Å². The van der Waals surface area contributed by atoms with Crippen molar-refractivity contribution in [3.8, 4) is 0 Å². The molecular formula is C15H16F2N2O2. The number of nitrogens with zero attached hydrogens (tertiary/aromatic N) is 1. The van der Waals surface area contributed by atoms with E-state index in [-0.39, 0.29) is 17.7 Å². The molecule has 1 aliphatic carbocycles. The third-order valence-corrected chi connectivity index (χ3v) is 4.57. The van der Waals surface area contributed by atoms with Gasteiger partial charge in [-0.1, -0.05) is 19.3 Å². The van der Waals surface area contributed by atoms with E-state index in [2.05, 4.69) is 0 Å². The Kier molecular flexibility index (Phi) is 3.28. The average molecular weight is 294 g/mol. The van der Waals surface area contributed by atoms with Crippen molar-refractivity contribution in [2.75, 3.05) is 6.54 Å². The molecule has 0 unspecified atom stereocenters. The van der Waals surface area contributed by atoms with Crippen LogP contribution in [-0.2, 0) is 0 Å². The number of rotatable bonds is 2. The zero-order chi connectivity index (χ0) is 15.2. The summed E-state index contributed by atoms with van der Waals surface area (Å²) in [6.45, 7) is 0.170. The predicted molar refractivity (Wildman–Crippen MR) is 71.7 cm³/mol. The van der Waals surface area contributed by atoms with E-state index in [1.165, 1.54) is 0 Å². The van der Waals surface area contributed by atoms with Crippen molar-refractivity contribution >= 4 is 11.8 Å². The van der Waals surface area contributed by atoms with Gasteiger partial charge in [0.05, 0.1) is 16.7 Å². The lowest BCUT2D eigenvalue weighted by atomic mass is 9.80. The molecule has 1 saturated carbocycles. The lowest BCUT2D eigenvalue weighted by molar-refractivity contribution is 0.0346. The Morgan fingerprint density at radius 3 is 1.90 bits per heavy atom. The molecule has 1 aromatic carbocycles. The maximum absolute atomic E-state index is 13.3. The predicted octanol–water partition coefficient (Wildman–Crippen LogP) is 2.22. The summed E-state index contributed by atoms with van der Waals surface area (Å²) in [5.41, 5.74) is 4.98. The Bertz CT molecular complexity index is 583. The second-order valence-electron chi connectivity index (χ2n) is 5.75. The number of amides is 2. The molecule has 112 valence electrons. The van der Waals surface area contributed by atoms with E-state index < -0.39 is 29.0 Å². The molecule has 21 heavy (non-hydrogen) atoms. The third kappa shape index (κ3) is 1.97. The van der Waals surface area contributed by atoms with E-state index in [9.17, 15) is 18.4 Å². The minimum absolute atomic E-state index is 0.0719. The third-order valence-electron chi connectivity index (χ3n) is 4.57. The Morgan fingerprint density at radius 2 is 1.48 bits per heavy atom. The SMILES string of the molecule is NCC1(N2C(=O)c3cc(F)c(F)cc3C2=O)CCCCC1. The Balaban J connectivity index is 2.07. The monoisotopic (exact) mass is 294 g/mol. The van der Waals surface area contributed by atoms with Gasteiger partial charge < -0.3 is 5.73 Å². The van der Waals surface area contributed by atoms with Crippen LogP contribution in [0.3, 0.4) is 0 Å². The summed E-state index contributed by atoms with van der Waals surface area (Å²) in [5, 5.41) is 0. The molecule has 0 bridgehead atoms. The number of benzene rings is 1. The first kappa shape index (κ1) is 14.1. The molecule has 6 heteroatoms. The number of hydrogen-bond donors (Lipinski definition) is 1. The van der Waals surface area contributed by atoms with Gasteiger partial charge in [-0.05, 0) is 25.0 Å². The molecule has 0 aromatic heterocycles. The largest absolute Gasteiger partial charge is 0.328 e. The van der Waals surface area contributed by atoms with Gasteiger partial charge in [-0.2, -0.15) is 0 Å². The van der Waals surface area contributed by atoms with Gasteiger partial charge in [0.2, 0.25) is 0 Å². The van der Waals surface area contributed by atoms with Crippen LogP contribution >= 0.6 is 0 Å². The fourth-order valence-corrected chi connectivity index (χ4v) is 3.39. The number of imide groups is 1. The van der Waals surface area contributed by atoms with Crippen LogP contribution in [0.25, 0.3) is 0 Å². The lowest BCUT2D eigenvalue weighted by Crippen LogP contribution is -2.57. The van der Waals surface area contributed by atoms with Gasteiger partial charge in [-0.3, -0.25) is 14.5 Å². The van der Waals surface area contributed by atoms with Crippen LogP contribution < -0.4 is 5.73 Å². The molecule has 1 aromatic rings. The molecule has 2 amide bonds. The topological polar surface area (TPSA) is 63.4 Å². The first-order valence-corrected chi connectivity index (χ1v) is 7.08. The van der Waals surface area contributed by atoms with E-state index in [1.54, 1.807) is 0 Å². The van der Waals surface area contributed by atoms with Crippen LogP contribution in [0.2, 0.25) is 0 Å². The molecule has 0 radical (unpaired) electrons. The Morgan fingerprint density at radius 1 is 1.00 bits per heavy atom. The van der Waals surface area contributed by atoms with Crippen molar-refractivity contribution < 1.29 is 18.4 Å². The number of halogens is 2. The van der Waals surface area contributed by atoms with Gasteiger partial charge in [0, 0.05) is 6.54 Å². The highest BCUT2D eigenvalue weighted by Gasteiger charge is 2.49. The van der Waals surface area contributed by atoms with Gasteiger partial charge in [-0.15, -0.1) is 0 Å². The number of fused-ring (bicyclic) bond motifs is 1. The Hall–Kier alpha value is -1.82. The van der Waals surface area contributed by atoms with E-state index >= 15 is 0 Å². The summed E-state index contributed by atoms with van der Waals surface area (Å²) >= 11 is 0. The zero-order valence-corrected chi connectivity index (χ0v) is 11.5. The highest BCUT2D eigenvalue weighted by atomic mass is 19.2.